The van der Waals surface area contributed by atoms with Crippen LogP contribution < -0.4 is 5.32 Å². The molecule has 6 heteroatoms. The summed E-state index contributed by atoms with van der Waals surface area (Å²) in [5.74, 6) is -0.147. The molecular formula is C21H19N3O3. The molecule has 0 unspecified atom stereocenters. The minimum Gasteiger partial charge on any atom is -0.508 e. The average molecular weight is 361 g/mol. The number of fused-ring (bicyclic) bond motifs is 3. The standard InChI is InChI=1S/C21H19N3O3/c1-11(2)12-4-3-5-13(8-12)22-20-19-16(10-18(24-20)21(26)27)15-7-6-14(25)9-17(15)23-19/h3-11,23,25H,1-2H3,(H,22,24)(H,26,27). The molecule has 0 atom stereocenters. The van der Waals surface area contributed by atoms with Crippen LogP contribution in [0, 0.1) is 0 Å². The lowest BCUT2D eigenvalue weighted by Crippen LogP contribution is -2.04. The molecule has 0 aliphatic heterocycles. The maximum atomic E-state index is 11.6. The summed E-state index contributed by atoms with van der Waals surface area (Å²) in [4.78, 5) is 19.1. The van der Waals surface area contributed by atoms with E-state index in [0.29, 0.717) is 22.8 Å². The summed E-state index contributed by atoms with van der Waals surface area (Å²) in [6, 6.07) is 14.5. The van der Waals surface area contributed by atoms with Crippen molar-refractivity contribution in [3.05, 3.63) is 59.8 Å². The van der Waals surface area contributed by atoms with Gasteiger partial charge in [-0.1, -0.05) is 26.0 Å². The van der Waals surface area contributed by atoms with Crippen LogP contribution >= 0.6 is 0 Å². The number of aromatic nitrogens is 2. The Morgan fingerprint density at radius 3 is 2.67 bits per heavy atom. The number of aromatic amines is 1. The van der Waals surface area contributed by atoms with Gasteiger partial charge < -0.3 is 20.5 Å². The zero-order valence-electron chi connectivity index (χ0n) is 14.9. The van der Waals surface area contributed by atoms with E-state index in [2.05, 4.69) is 35.2 Å². The van der Waals surface area contributed by atoms with Gasteiger partial charge in [-0.25, -0.2) is 9.78 Å². The van der Waals surface area contributed by atoms with Gasteiger partial charge in [0, 0.05) is 22.5 Å². The number of H-pyrrole nitrogens is 1. The number of carboxylic acid groups (broad SMARTS) is 1. The number of phenolic OH excluding ortho intramolecular Hbond substituents is 1. The summed E-state index contributed by atoms with van der Waals surface area (Å²) in [5.41, 5.74) is 3.37. The summed E-state index contributed by atoms with van der Waals surface area (Å²) in [6.07, 6.45) is 0. The smallest absolute Gasteiger partial charge is 0.354 e. The highest BCUT2D eigenvalue weighted by Gasteiger charge is 2.16. The number of aromatic hydroxyl groups is 1. The molecule has 2 heterocycles. The number of nitrogens with zero attached hydrogens (tertiary/aromatic N) is 1. The van der Waals surface area contributed by atoms with Gasteiger partial charge in [-0.3, -0.25) is 0 Å². The van der Waals surface area contributed by atoms with E-state index >= 15 is 0 Å². The van der Waals surface area contributed by atoms with Gasteiger partial charge >= 0.3 is 5.97 Å². The zero-order chi connectivity index (χ0) is 19.1. The van der Waals surface area contributed by atoms with Gasteiger partial charge in [0.05, 0.1) is 11.0 Å². The fourth-order valence-electron chi connectivity index (χ4n) is 3.20. The average Bonchev–Trinajstić information content (AvgIpc) is 2.99. The fraction of sp³-hybridized carbons (Fsp3) is 0.143. The Morgan fingerprint density at radius 2 is 1.93 bits per heavy atom. The van der Waals surface area contributed by atoms with Gasteiger partial charge in [0.2, 0.25) is 0 Å². The van der Waals surface area contributed by atoms with E-state index in [9.17, 15) is 15.0 Å². The number of carboxylic acids is 1. The quantitative estimate of drug-likeness (QED) is 0.411. The number of nitrogens with one attached hydrogen (secondary N) is 2. The highest BCUT2D eigenvalue weighted by atomic mass is 16.4. The molecule has 4 N–H and O–H groups in total. The summed E-state index contributed by atoms with van der Waals surface area (Å²) in [7, 11) is 0. The molecule has 2 aromatic carbocycles. The molecule has 0 spiro atoms. The lowest BCUT2D eigenvalue weighted by Gasteiger charge is -2.11. The Labute approximate surface area is 155 Å². The molecule has 4 rings (SSSR count). The first kappa shape index (κ1) is 16.9. The van der Waals surface area contributed by atoms with E-state index in [0.717, 1.165) is 16.5 Å². The minimum absolute atomic E-state index is 0.0426. The van der Waals surface area contributed by atoms with Gasteiger partial charge in [0.15, 0.2) is 11.5 Å². The van der Waals surface area contributed by atoms with E-state index in [1.165, 1.54) is 5.56 Å². The largest absolute Gasteiger partial charge is 0.508 e. The van der Waals surface area contributed by atoms with Gasteiger partial charge in [-0.05, 0) is 41.8 Å². The van der Waals surface area contributed by atoms with E-state index in [4.69, 9.17) is 0 Å². The molecule has 27 heavy (non-hydrogen) atoms. The molecule has 0 aliphatic carbocycles. The predicted octanol–water partition coefficient (Wildman–Crippen LogP) is 4.99. The van der Waals surface area contributed by atoms with Crippen molar-refractivity contribution in [3.8, 4) is 5.75 Å². The number of hydrogen-bond donors (Lipinski definition) is 4. The minimum atomic E-state index is -1.09. The monoisotopic (exact) mass is 361 g/mol. The normalized spacial score (nSPS) is 11.4. The first-order valence-electron chi connectivity index (χ1n) is 8.68. The fourth-order valence-corrected chi connectivity index (χ4v) is 3.20. The van der Waals surface area contributed by atoms with E-state index in [-0.39, 0.29) is 11.4 Å². The molecule has 0 aliphatic rings. The number of hydrogen-bond acceptors (Lipinski definition) is 4. The predicted molar refractivity (Wildman–Crippen MR) is 106 cm³/mol. The molecule has 2 aromatic heterocycles. The van der Waals surface area contributed by atoms with Crippen LogP contribution in [-0.2, 0) is 0 Å². The topological polar surface area (TPSA) is 98.2 Å². The first-order chi connectivity index (χ1) is 12.9. The molecular weight excluding hydrogens is 342 g/mol. The Hall–Kier alpha value is -3.54. The lowest BCUT2D eigenvalue weighted by atomic mass is 10.0. The highest BCUT2D eigenvalue weighted by Crippen LogP contribution is 2.33. The number of aromatic carboxylic acids is 1. The molecule has 4 aromatic rings. The Bertz CT molecular complexity index is 1180. The van der Waals surface area contributed by atoms with Crippen molar-refractivity contribution in [2.24, 2.45) is 0 Å². The van der Waals surface area contributed by atoms with Crippen molar-refractivity contribution >= 4 is 39.3 Å². The van der Waals surface area contributed by atoms with Gasteiger partial charge in [0.25, 0.3) is 0 Å². The van der Waals surface area contributed by atoms with Crippen LogP contribution in [0.25, 0.3) is 21.8 Å². The van der Waals surface area contributed by atoms with Crippen molar-refractivity contribution in [3.63, 3.8) is 0 Å². The van der Waals surface area contributed by atoms with E-state index in [1.54, 1.807) is 24.3 Å². The van der Waals surface area contributed by atoms with Crippen LogP contribution in [0.5, 0.6) is 5.75 Å². The summed E-state index contributed by atoms with van der Waals surface area (Å²) < 4.78 is 0. The van der Waals surface area contributed by atoms with Crippen LogP contribution in [0.15, 0.2) is 48.5 Å². The SMILES string of the molecule is CC(C)c1cccc(Nc2nc(C(=O)O)cc3c2[nH]c2cc(O)ccc23)c1. The van der Waals surface area contributed by atoms with E-state index < -0.39 is 5.97 Å². The molecule has 0 fully saturated rings. The molecule has 136 valence electrons. The van der Waals surface area contributed by atoms with Gasteiger partial charge in [-0.2, -0.15) is 0 Å². The summed E-state index contributed by atoms with van der Waals surface area (Å²) >= 11 is 0. The Kier molecular flexibility index (Phi) is 3.96. The summed E-state index contributed by atoms with van der Waals surface area (Å²) in [6.45, 7) is 4.23. The molecule has 0 bridgehead atoms. The number of anilines is 2. The van der Waals surface area contributed by atoms with Crippen molar-refractivity contribution in [2.45, 2.75) is 19.8 Å². The number of carbonyl (C=O) groups is 1. The number of benzene rings is 2. The third kappa shape index (κ3) is 3.06. The molecule has 0 amide bonds. The first-order valence-corrected chi connectivity index (χ1v) is 8.68. The second-order valence-electron chi connectivity index (χ2n) is 6.84. The third-order valence-corrected chi connectivity index (χ3v) is 4.61. The number of pyridine rings is 1. The van der Waals surface area contributed by atoms with E-state index in [1.807, 2.05) is 18.2 Å². The van der Waals surface area contributed by atoms with Gasteiger partial charge in [0.1, 0.15) is 5.75 Å². The van der Waals surface area contributed by atoms with Crippen LogP contribution in [0.2, 0.25) is 0 Å². The van der Waals surface area contributed by atoms with Crippen molar-refractivity contribution in [1.82, 2.24) is 9.97 Å². The van der Waals surface area contributed by atoms with Crippen LogP contribution in [-0.4, -0.2) is 26.2 Å². The van der Waals surface area contributed by atoms with Crippen LogP contribution in [0.3, 0.4) is 0 Å². The van der Waals surface area contributed by atoms with Crippen molar-refractivity contribution in [1.29, 1.82) is 0 Å². The van der Waals surface area contributed by atoms with Gasteiger partial charge in [-0.15, -0.1) is 0 Å². The number of phenols is 1. The molecule has 0 radical (unpaired) electrons. The molecule has 0 saturated heterocycles. The summed E-state index contributed by atoms with van der Waals surface area (Å²) in [5, 5.41) is 24.0. The second-order valence-corrected chi connectivity index (χ2v) is 6.84. The van der Waals surface area contributed by atoms with Crippen LogP contribution in [0.4, 0.5) is 11.5 Å². The Balaban J connectivity index is 1.91. The van der Waals surface area contributed by atoms with Crippen molar-refractivity contribution < 1.29 is 15.0 Å². The maximum Gasteiger partial charge on any atom is 0.354 e. The van der Waals surface area contributed by atoms with Crippen molar-refractivity contribution in [2.75, 3.05) is 5.32 Å². The number of rotatable bonds is 4. The molecule has 6 nitrogen and oxygen atoms in total. The lowest BCUT2D eigenvalue weighted by molar-refractivity contribution is 0.0691. The second kappa shape index (κ2) is 6.32. The zero-order valence-corrected chi connectivity index (χ0v) is 14.9. The maximum absolute atomic E-state index is 11.6. The van der Waals surface area contributed by atoms with Crippen LogP contribution in [0.1, 0.15) is 35.8 Å². The Morgan fingerprint density at radius 1 is 1.11 bits per heavy atom. The third-order valence-electron chi connectivity index (χ3n) is 4.61. The molecule has 0 saturated carbocycles. The highest BCUT2D eigenvalue weighted by molar-refractivity contribution is 6.12.